The van der Waals surface area contributed by atoms with Gasteiger partial charge in [-0.3, -0.25) is 4.90 Å². The van der Waals surface area contributed by atoms with Crippen molar-refractivity contribution in [1.29, 1.82) is 0 Å². The second kappa shape index (κ2) is 6.09. The van der Waals surface area contributed by atoms with E-state index >= 15 is 0 Å². The second-order valence-electron chi connectivity index (χ2n) is 6.88. The van der Waals surface area contributed by atoms with Crippen molar-refractivity contribution in [3.05, 3.63) is 64.6 Å². The van der Waals surface area contributed by atoms with Gasteiger partial charge < -0.3 is 24.0 Å². The summed E-state index contributed by atoms with van der Waals surface area (Å²) >= 11 is 1.95. The normalized spacial score (nSPS) is 27.7. The highest BCUT2D eigenvalue weighted by molar-refractivity contribution is 7.11. The molecule has 2 nitrogen and oxygen atoms in total. The first-order valence-electron chi connectivity index (χ1n) is 8.47. The summed E-state index contributed by atoms with van der Waals surface area (Å²) in [6.45, 7) is 2.47. The Hall–Kier alpha value is -0.950. The maximum absolute atomic E-state index is 2.69. The van der Waals surface area contributed by atoms with E-state index in [2.05, 4.69) is 66.0 Å². The average molecular weight is 448 g/mol. The zero-order chi connectivity index (χ0) is 15.4. The van der Waals surface area contributed by atoms with Crippen molar-refractivity contribution in [2.75, 3.05) is 20.1 Å². The molecule has 0 amide bonds. The van der Waals surface area contributed by atoms with E-state index in [1.54, 1.807) is 4.88 Å². The zero-order valence-corrected chi connectivity index (χ0v) is 16.8. The Labute approximate surface area is 164 Å². The number of fused-ring (bicyclic) bond motifs is 3. The lowest BCUT2D eigenvalue weighted by Gasteiger charge is -2.28. The Morgan fingerprint density at radius 2 is 1.88 bits per heavy atom. The predicted octanol–water partition coefficient (Wildman–Crippen LogP) is 1.92. The Kier molecular flexibility index (Phi) is 4.19. The molecule has 0 aliphatic carbocycles. The SMILES string of the molecule is C[N+]12C=CC=C1C(N1CCCC1)c1scc(-c3ccccc3)c12.[I-]. The van der Waals surface area contributed by atoms with Crippen LogP contribution in [0, 0.1) is 0 Å². The van der Waals surface area contributed by atoms with Crippen LogP contribution in [-0.2, 0) is 0 Å². The highest BCUT2D eigenvalue weighted by atomic mass is 127. The van der Waals surface area contributed by atoms with Crippen molar-refractivity contribution in [3.63, 3.8) is 0 Å². The van der Waals surface area contributed by atoms with Crippen LogP contribution in [0.5, 0.6) is 0 Å². The molecule has 4 heteroatoms. The molecule has 2 aromatic rings. The Bertz CT molecular complexity index is 817. The van der Waals surface area contributed by atoms with E-state index < -0.39 is 0 Å². The maximum Gasteiger partial charge on any atom is 0.166 e. The van der Waals surface area contributed by atoms with E-state index in [0.29, 0.717) is 6.04 Å². The summed E-state index contributed by atoms with van der Waals surface area (Å²) in [5.74, 6) is 0. The van der Waals surface area contributed by atoms with Gasteiger partial charge in [0, 0.05) is 11.5 Å². The van der Waals surface area contributed by atoms with Crippen molar-refractivity contribution < 1.29 is 24.0 Å². The highest BCUT2D eigenvalue weighted by Crippen LogP contribution is 2.58. The van der Waals surface area contributed by atoms with Crippen LogP contribution in [0.15, 0.2) is 59.8 Å². The highest BCUT2D eigenvalue weighted by Gasteiger charge is 2.52. The summed E-state index contributed by atoms with van der Waals surface area (Å²) < 4.78 is 0.865. The molecule has 0 radical (unpaired) electrons. The van der Waals surface area contributed by atoms with Crippen LogP contribution in [0.1, 0.15) is 23.8 Å². The van der Waals surface area contributed by atoms with Crippen molar-refractivity contribution in [2.45, 2.75) is 18.9 Å². The van der Waals surface area contributed by atoms with E-state index in [1.165, 1.54) is 48.4 Å². The quantitative estimate of drug-likeness (QED) is 0.502. The van der Waals surface area contributed by atoms with Gasteiger partial charge in [-0.1, -0.05) is 30.3 Å². The number of quaternary nitrogens is 1. The molecule has 24 heavy (non-hydrogen) atoms. The molecule has 2 unspecified atom stereocenters. The Morgan fingerprint density at radius 3 is 2.62 bits per heavy atom. The molecule has 3 aliphatic rings. The third-order valence-corrected chi connectivity index (χ3v) is 6.59. The molecule has 1 aromatic heterocycles. The summed E-state index contributed by atoms with van der Waals surface area (Å²) in [6.07, 6.45) is 9.63. The molecule has 0 N–H and O–H groups in total. The average Bonchev–Trinajstić information content (AvgIpc) is 3.31. The first-order chi connectivity index (χ1) is 11.3. The van der Waals surface area contributed by atoms with Crippen LogP contribution in [0.25, 0.3) is 11.1 Å². The maximum atomic E-state index is 2.69. The third kappa shape index (κ3) is 2.20. The fourth-order valence-corrected chi connectivity index (χ4v) is 5.76. The number of hydrogen-bond donors (Lipinski definition) is 0. The van der Waals surface area contributed by atoms with Crippen molar-refractivity contribution in [2.24, 2.45) is 0 Å². The predicted molar refractivity (Wildman–Crippen MR) is 98.2 cm³/mol. The lowest BCUT2D eigenvalue weighted by atomic mass is 10.1. The molecule has 5 rings (SSSR count). The number of likely N-dealkylation sites (N-methyl/N-ethyl adjacent to an activating group) is 1. The summed E-state index contributed by atoms with van der Waals surface area (Å²) in [6, 6.07) is 11.3. The van der Waals surface area contributed by atoms with Crippen LogP contribution in [-0.4, -0.2) is 25.0 Å². The summed E-state index contributed by atoms with van der Waals surface area (Å²) in [5, 5.41) is 2.37. The van der Waals surface area contributed by atoms with Gasteiger partial charge in [0.1, 0.15) is 17.9 Å². The van der Waals surface area contributed by atoms with Crippen LogP contribution in [0.4, 0.5) is 5.69 Å². The fourth-order valence-electron chi connectivity index (χ4n) is 4.45. The van der Waals surface area contributed by atoms with Crippen LogP contribution < -0.4 is 28.5 Å². The van der Waals surface area contributed by atoms with Crippen molar-refractivity contribution in [1.82, 2.24) is 9.38 Å². The molecule has 2 atom stereocenters. The minimum atomic E-state index is 0. The molecule has 0 saturated carbocycles. The summed E-state index contributed by atoms with van der Waals surface area (Å²) in [4.78, 5) is 4.25. The number of nitrogens with zero attached hydrogens (tertiary/aromatic N) is 2. The van der Waals surface area contributed by atoms with Gasteiger partial charge in [-0.2, -0.15) is 0 Å². The standard InChI is InChI=1S/C20H21N2S.HI/c1-22-13-7-10-17(22)18(21-11-5-6-12-21)20-19(22)16(14-23-20)15-8-3-2-4-9-15;/h2-4,7-10,13-14,18H,5-6,11-12H2,1H3;1H/q+1;/p-1. The third-order valence-electron chi connectivity index (χ3n) is 5.56. The molecule has 1 aromatic carbocycles. The smallest absolute Gasteiger partial charge is 0.166 e. The largest absolute Gasteiger partial charge is 1.00 e. The number of likely N-dealkylation sites (tertiary alicyclic amines) is 1. The minimum absolute atomic E-state index is 0. The van der Waals surface area contributed by atoms with Crippen LogP contribution >= 0.6 is 11.3 Å². The number of halogens is 1. The molecule has 1 fully saturated rings. The molecule has 1 saturated heterocycles. The van der Waals surface area contributed by atoms with Crippen LogP contribution in [0.3, 0.4) is 0 Å². The van der Waals surface area contributed by atoms with Gasteiger partial charge in [0.25, 0.3) is 0 Å². The van der Waals surface area contributed by atoms with E-state index in [-0.39, 0.29) is 24.0 Å². The van der Waals surface area contributed by atoms with Crippen molar-refractivity contribution in [3.8, 4) is 11.1 Å². The number of hydrogen-bond acceptors (Lipinski definition) is 2. The summed E-state index contributed by atoms with van der Waals surface area (Å²) in [5.41, 5.74) is 5.78. The van der Waals surface area contributed by atoms with Gasteiger partial charge in [0.05, 0.1) is 17.5 Å². The van der Waals surface area contributed by atoms with Gasteiger partial charge in [-0.25, -0.2) is 4.48 Å². The molecule has 0 bridgehead atoms. The lowest BCUT2D eigenvalue weighted by molar-refractivity contribution is -0.00000441. The number of rotatable bonds is 2. The molecule has 124 valence electrons. The van der Waals surface area contributed by atoms with E-state index in [1.807, 2.05) is 11.3 Å². The van der Waals surface area contributed by atoms with Gasteiger partial charge in [0.15, 0.2) is 5.69 Å². The number of allylic oxidation sites excluding steroid dienone is 2. The van der Waals surface area contributed by atoms with Crippen molar-refractivity contribution >= 4 is 17.0 Å². The second-order valence-corrected chi connectivity index (χ2v) is 7.79. The van der Waals surface area contributed by atoms with E-state index in [4.69, 9.17) is 0 Å². The lowest BCUT2D eigenvalue weighted by Crippen LogP contribution is -3.00. The zero-order valence-electron chi connectivity index (χ0n) is 13.8. The molecule has 3 aliphatic heterocycles. The van der Waals surface area contributed by atoms with Gasteiger partial charge in [-0.05, 0) is 37.6 Å². The monoisotopic (exact) mass is 448 g/mol. The number of thiophene rings is 1. The van der Waals surface area contributed by atoms with E-state index in [0.717, 1.165) is 4.48 Å². The van der Waals surface area contributed by atoms with Crippen LogP contribution in [0.2, 0.25) is 0 Å². The minimum Gasteiger partial charge on any atom is -1.00 e. The molecule has 4 heterocycles. The molecular formula is C20H21IN2S. The van der Waals surface area contributed by atoms with E-state index in [9.17, 15) is 0 Å². The first-order valence-corrected chi connectivity index (χ1v) is 9.34. The fraction of sp³-hybridized carbons (Fsp3) is 0.300. The Balaban J connectivity index is 0.00000146. The molecular weight excluding hydrogens is 427 g/mol. The topological polar surface area (TPSA) is 3.24 Å². The number of benzene rings is 1. The van der Waals surface area contributed by atoms with Gasteiger partial charge >= 0.3 is 0 Å². The first kappa shape index (κ1) is 16.5. The molecule has 0 spiro atoms. The van der Waals surface area contributed by atoms with Gasteiger partial charge in [-0.15, -0.1) is 11.3 Å². The summed E-state index contributed by atoms with van der Waals surface area (Å²) in [7, 11) is 2.35. The Morgan fingerprint density at radius 1 is 1.12 bits per heavy atom. The van der Waals surface area contributed by atoms with Gasteiger partial charge in [0.2, 0.25) is 0 Å².